The first-order valence-corrected chi connectivity index (χ1v) is 5.66. The van der Waals surface area contributed by atoms with Gasteiger partial charge in [-0.15, -0.1) is 0 Å². The SMILES string of the molecule is CCC(=O)Oc1cc(C)ccc1C(C)(C)C. The van der Waals surface area contributed by atoms with Crippen LogP contribution in [0.3, 0.4) is 0 Å². The van der Waals surface area contributed by atoms with E-state index in [9.17, 15) is 4.79 Å². The molecule has 0 N–H and O–H groups in total. The van der Waals surface area contributed by atoms with E-state index in [1.54, 1.807) is 6.92 Å². The van der Waals surface area contributed by atoms with Crippen molar-refractivity contribution in [2.45, 2.75) is 46.5 Å². The van der Waals surface area contributed by atoms with Gasteiger partial charge in [0.2, 0.25) is 0 Å². The molecule has 0 amide bonds. The molecule has 0 radical (unpaired) electrons. The number of carbonyl (C=O) groups excluding carboxylic acids is 1. The van der Waals surface area contributed by atoms with E-state index in [-0.39, 0.29) is 11.4 Å². The second-order valence-corrected chi connectivity index (χ2v) is 5.08. The Bertz CT molecular complexity index is 386. The molecule has 1 aromatic rings. The molecule has 0 spiro atoms. The second-order valence-electron chi connectivity index (χ2n) is 5.08. The van der Waals surface area contributed by atoms with Crippen molar-refractivity contribution < 1.29 is 9.53 Å². The van der Waals surface area contributed by atoms with E-state index < -0.39 is 0 Å². The third kappa shape index (κ3) is 3.09. The highest BCUT2D eigenvalue weighted by atomic mass is 16.5. The minimum atomic E-state index is -0.184. The van der Waals surface area contributed by atoms with Gasteiger partial charge in [-0.1, -0.05) is 39.8 Å². The summed E-state index contributed by atoms with van der Waals surface area (Å²) in [5, 5.41) is 0. The lowest BCUT2D eigenvalue weighted by molar-refractivity contribution is -0.134. The molecule has 0 bridgehead atoms. The Hall–Kier alpha value is -1.31. The molecule has 0 aromatic heterocycles. The monoisotopic (exact) mass is 220 g/mol. The van der Waals surface area contributed by atoms with Crippen LogP contribution in [0.5, 0.6) is 5.75 Å². The maximum absolute atomic E-state index is 11.3. The number of hydrogen-bond acceptors (Lipinski definition) is 2. The van der Waals surface area contributed by atoms with Gasteiger partial charge in [0.1, 0.15) is 5.75 Å². The summed E-state index contributed by atoms with van der Waals surface area (Å²) in [5.74, 6) is 0.510. The Balaban J connectivity index is 3.13. The normalized spacial score (nSPS) is 11.3. The molecule has 1 aromatic carbocycles. The van der Waals surface area contributed by atoms with Gasteiger partial charge in [0.25, 0.3) is 0 Å². The molecule has 0 aliphatic rings. The van der Waals surface area contributed by atoms with Crippen LogP contribution in [-0.4, -0.2) is 5.97 Å². The van der Waals surface area contributed by atoms with E-state index >= 15 is 0 Å². The Morgan fingerprint density at radius 2 is 1.94 bits per heavy atom. The number of carbonyl (C=O) groups is 1. The standard InChI is InChI=1S/C14H20O2/c1-6-13(15)16-12-9-10(2)7-8-11(12)14(3,4)5/h7-9H,6H2,1-5H3. The Morgan fingerprint density at radius 1 is 1.31 bits per heavy atom. The summed E-state index contributed by atoms with van der Waals surface area (Å²) in [4.78, 5) is 11.3. The molecule has 2 heteroatoms. The van der Waals surface area contributed by atoms with E-state index in [0.717, 1.165) is 11.1 Å². The van der Waals surface area contributed by atoms with E-state index in [4.69, 9.17) is 4.74 Å². The van der Waals surface area contributed by atoms with Crippen LogP contribution in [0.2, 0.25) is 0 Å². The van der Waals surface area contributed by atoms with Gasteiger partial charge >= 0.3 is 5.97 Å². The van der Waals surface area contributed by atoms with Gasteiger partial charge in [-0.3, -0.25) is 4.79 Å². The summed E-state index contributed by atoms with van der Waals surface area (Å²) in [6.07, 6.45) is 0.400. The third-order valence-electron chi connectivity index (χ3n) is 2.46. The van der Waals surface area contributed by atoms with Gasteiger partial charge in [0.15, 0.2) is 0 Å². The largest absolute Gasteiger partial charge is 0.426 e. The fraction of sp³-hybridized carbons (Fsp3) is 0.500. The van der Waals surface area contributed by atoms with Crippen molar-refractivity contribution in [3.63, 3.8) is 0 Å². The third-order valence-corrected chi connectivity index (χ3v) is 2.46. The van der Waals surface area contributed by atoms with Crippen molar-refractivity contribution in [1.82, 2.24) is 0 Å². The molecule has 0 aliphatic carbocycles. The van der Waals surface area contributed by atoms with Crippen molar-refractivity contribution in [3.8, 4) is 5.75 Å². The quantitative estimate of drug-likeness (QED) is 0.562. The molecular formula is C14H20O2. The first-order chi connectivity index (χ1) is 7.34. The Labute approximate surface area is 97.6 Å². The second kappa shape index (κ2) is 4.69. The lowest BCUT2D eigenvalue weighted by Crippen LogP contribution is -2.16. The summed E-state index contributed by atoms with van der Waals surface area (Å²) in [6, 6.07) is 6.01. The zero-order valence-electron chi connectivity index (χ0n) is 10.8. The summed E-state index contributed by atoms with van der Waals surface area (Å²) >= 11 is 0. The van der Waals surface area contributed by atoms with Crippen LogP contribution in [0, 0.1) is 6.92 Å². The molecule has 2 nitrogen and oxygen atoms in total. The molecule has 0 saturated carbocycles. The van der Waals surface area contributed by atoms with Crippen molar-refractivity contribution in [2.75, 3.05) is 0 Å². The maximum Gasteiger partial charge on any atom is 0.310 e. The fourth-order valence-electron chi connectivity index (χ4n) is 1.53. The fourth-order valence-corrected chi connectivity index (χ4v) is 1.53. The van der Waals surface area contributed by atoms with Crippen LogP contribution in [-0.2, 0) is 10.2 Å². The number of aryl methyl sites for hydroxylation is 1. The van der Waals surface area contributed by atoms with Crippen molar-refractivity contribution in [1.29, 1.82) is 0 Å². The minimum Gasteiger partial charge on any atom is -0.426 e. The number of hydrogen-bond donors (Lipinski definition) is 0. The summed E-state index contributed by atoms with van der Waals surface area (Å²) in [7, 11) is 0. The van der Waals surface area contributed by atoms with Gasteiger partial charge in [-0.25, -0.2) is 0 Å². The van der Waals surface area contributed by atoms with Crippen LogP contribution in [0.25, 0.3) is 0 Å². The molecule has 0 fully saturated rings. The average molecular weight is 220 g/mol. The van der Waals surface area contributed by atoms with Gasteiger partial charge in [-0.2, -0.15) is 0 Å². The summed E-state index contributed by atoms with van der Waals surface area (Å²) in [5.41, 5.74) is 2.16. The molecule has 88 valence electrons. The highest BCUT2D eigenvalue weighted by molar-refractivity contribution is 5.72. The van der Waals surface area contributed by atoms with Crippen LogP contribution in [0.4, 0.5) is 0 Å². The van der Waals surface area contributed by atoms with Crippen LogP contribution < -0.4 is 4.74 Å². The number of rotatable bonds is 2. The lowest BCUT2D eigenvalue weighted by atomic mass is 9.86. The molecule has 0 aliphatic heterocycles. The van der Waals surface area contributed by atoms with Crippen molar-refractivity contribution in [3.05, 3.63) is 29.3 Å². The first-order valence-electron chi connectivity index (χ1n) is 5.66. The molecule has 0 heterocycles. The molecule has 1 rings (SSSR count). The molecule has 0 unspecified atom stereocenters. The van der Waals surface area contributed by atoms with Crippen LogP contribution >= 0.6 is 0 Å². The van der Waals surface area contributed by atoms with Gasteiger partial charge in [-0.05, 0) is 24.0 Å². The van der Waals surface area contributed by atoms with Crippen molar-refractivity contribution >= 4 is 5.97 Å². The molecule has 0 saturated heterocycles. The zero-order valence-corrected chi connectivity index (χ0v) is 10.8. The first kappa shape index (κ1) is 12.8. The van der Waals surface area contributed by atoms with Crippen LogP contribution in [0.15, 0.2) is 18.2 Å². The highest BCUT2D eigenvalue weighted by Gasteiger charge is 2.20. The highest BCUT2D eigenvalue weighted by Crippen LogP contribution is 2.32. The molecule has 0 atom stereocenters. The van der Waals surface area contributed by atoms with E-state index in [0.29, 0.717) is 12.2 Å². The number of ether oxygens (including phenoxy) is 1. The van der Waals surface area contributed by atoms with E-state index in [1.165, 1.54) is 0 Å². The predicted octanol–water partition coefficient (Wildman–Crippen LogP) is 3.61. The topological polar surface area (TPSA) is 26.3 Å². The number of esters is 1. The van der Waals surface area contributed by atoms with Gasteiger partial charge in [0, 0.05) is 12.0 Å². The summed E-state index contributed by atoms with van der Waals surface area (Å²) < 4.78 is 5.36. The van der Waals surface area contributed by atoms with E-state index in [1.807, 2.05) is 25.1 Å². The van der Waals surface area contributed by atoms with Gasteiger partial charge in [0.05, 0.1) is 0 Å². The van der Waals surface area contributed by atoms with Crippen LogP contribution in [0.1, 0.15) is 45.2 Å². The smallest absolute Gasteiger partial charge is 0.310 e. The minimum absolute atomic E-state index is 0.0168. The zero-order chi connectivity index (χ0) is 12.3. The number of benzene rings is 1. The lowest BCUT2D eigenvalue weighted by Gasteiger charge is -2.22. The van der Waals surface area contributed by atoms with Gasteiger partial charge < -0.3 is 4.74 Å². The molecular weight excluding hydrogens is 200 g/mol. The van der Waals surface area contributed by atoms with Crippen molar-refractivity contribution in [2.24, 2.45) is 0 Å². The van der Waals surface area contributed by atoms with E-state index in [2.05, 4.69) is 20.8 Å². The molecule has 16 heavy (non-hydrogen) atoms. The Morgan fingerprint density at radius 3 is 2.44 bits per heavy atom. The maximum atomic E-state index is 11.3. The predicted molar refractivity (Wildman–Crippen MR) is 65.8 cm³/mol. The Kier molecular flexibility index (Phi) is 3.74. The summed E-state index contributed by atoms with van der Waals surface area (Å²) in [6.45, 7) is 10.1. The average Bonchev–Trinajstić information content (AvgIpc) is 2.15.